The van der Waals surface area contributed by atoms with Crippen LogP contribution < -0.4 is 5.32 Å². The summed E-state index contributed by atoms with van der Waals surface area (Å²) < 4.78 is 13.3. The van der Waals surface area contributed by atoms with E-state index >= 15 is 0 Å². The van der Waals surface area contributed by atoms with E-state index in [1.54, 1.807) is 26.0 Å². The first-order chi connectivity index (χ1) is 9.49. The van der Waals surface area contributed by atoms with E-state index in [9.17, 15) is 14.6 Å². The standard InChI is InChI=1S/C14H16FN3O2/c1-8-6-12(16-7-9(2)19)17-18-13(8)10-4-3-5-11(15)14(10)20/h3-6,9,19-20H,7H2,1-2H3,(H,16,17)/t9-/m1/s1. The third kappa shape index (κ3) is 3.03. The van der Waals surface area contributed by atoms with Crippen molar-refractivity contribution in [2.45, 2.75) is 20.0 Å². The van der Waals surface area contributed by atoms with Crippen molar-refractivity contribution in [1.82, 2.24) is 10.2 Å². The van der Waals surface area contributed by atoms with E-state index in [1.165, 1.54) is 12.1 Å². The topological polar surface area (TPSA) is 78.3 Å². The average molecular weight is 277 g/mol. The number of halogens is 1. The maximum absolute atomic E-state index is 13.3. The van der Waals surface area contributed by atoms with Crippen LogP contribution in [-0.4, -0.2) is 33.1 Å². The summed E-state index contributed by atoms with van der Waals surface area (Å²) in [5, 5.41) is 29.8. The van der Waals surface area contributed by atoms with E-state index in [0.717, 1.165) is 5.56 Å². The highest BCUT2D eigenvalue weighted by Crippen LogP contribution is 2.31. The lowest BCUT2D eigenvalue weighted by atomic mass is 10.1. The van der Waals surface area contributed by atoms with Crippen LogP contribution in [0.25, 0.3) is 11.3 Å². The highest BCUT2D eigenvalue weighted by Gasteiger charge is 2.13. The predicted molar refractivity (Wildman–Crippen MR) is 74.0 cm³/mol. The molecular formula is C14H16FN3O2. The van der Waals surface area contributed by atoms with E-state index in [-0.39, 0.29) is 0 Å². The van der Waals surface area contributed by atoms with Crippen molar-refractivity contribution in [3.8, 4) is 17.0 Å². The zero-order valence-corrected chi connectivity index (χ0v) is 11.3. The molecule has 2 aromatic rings. The van der Waals surface area contributed by atoms with E-state index < -0.39 is 17.7 Å². The van der Waals surface area contributed by atoms with Gasteiger partial charge >= 0.3 is 0 Å². The van der Waals surface area contributed by atoms with Gasteiger partial charge in [-0.25, -0.2) is 4.39 Å². The molecule has 5 nitrogen and oxygen atoms in total. The molecule has 0 aliphatic rings. The average Bonchev–Trinajstić information content (AvgIpc) is 2.40. The van der Waals surface area contributed by atoms with Crippen LogP contribution in [0, 0.1) is 12.7 Å². The fourth-order valence-electron chi connectivity index (χ4n) is 1.80. The Kier molecular flexibility index (Phi) is 4.14. The van der Waals surface area contributed by atoms with Gasteiger partial charge in [0.15, 0.2) is 11.6 Å². The molecule has 0 radical (unpaired) electrons. The van der Waals surface area contributed by atoms with Gasteiger partial charge in [0.05, 0.1) is 11.8 Å². The zero-order chi connectivity index (χ0) is 14.7. The lowest BCUT2D eigenvalue weighted by Crippen LogP contribution is -2.16. The van der Waals surface area contributed by atoms with Crippen LogP contribution in [-0.2, 0) is 0 Å². The van der Waals surface area contributed by atoms with Crippen LogP contribution >= 0.6 is 0 Å². The maximum atomic E-state index is 13.3. The number of aliphatic hydroxyl groups excluding tert-OH is 1. The first-order valence-corrected chi connectivity index (χ1v) is 6.23. The largest absolute Gasteiger partial charge is 0.504 e. The predicted octanol–water partition coefficient (Wildman–Crippen LogP) is 2.09. The van der Waals surface area contributed by atoms with Crippen LogP contribution in [0.2, 0.25) is 0 Å². The molecule has 0 aliphatic heterocycles. The lowest BCUT2D eigenvalue weighted by Gasteiger charge is -2.10. The molecule has 1 aromatic carbocycles. The molecule has 3 N–H and O–H groups in total. The lowest BCUT2D eigenvalue weighted by molar-refractivity contribution is 0.208. The number of rotatable bonds is 4. The Morgan fingerprint density at radius 3 is 2.75 bits per heavy atom. The van der Waals surface area contributed by atoms with Gasteiger partial charge in [0.25, 0.3) is 0 Å². The summed E-state index contributed by atoms with van der Waals surface area (Å²) in [7, 11) is 0. The molecule has 0 spiro atoms. The molecule has 6 heteroatoms. The highest BCUT2D eigenvalue weighted by atomic mass is 19.1. The highest BCUT2D eigenvalue weighted by molar-refractivity contribution is 5.70. The van der Waals surface area contributed by atoms with Crippen LogP contribution in [0.5, 0.6) is 5.75 Å². The second-order valence-corrected chi connectivity index (χ2v) is 4.63. The van der Waals surface area contributed by atoms with Gasteiger partial charge in [-0.3, -0.25) is 0 Å². The minimum atomic E-state index is -0.694. The number of anilines is 1. The van der Waals surface area contributed by atoms with Crippen molar-refractivity contribution >= 4 is 5.82 Å². The number of aromatic hydroxyl groups is 1. The molecule has 2 rings (SSSR count). The van der Waals surface area contributed by atoms with Crippen LogP contribution in [0.3, 0.4) is 0 Å². The molecule has 1 aromatic heterocycles. The van der Waals surface area contributed by atoms with E-state index in [4.69, 9.17) is 0 Å². The number of hydrogen-bond donors (Lipinski definition) is 3. The first kappa shape index (κ1) is 14.2. The smallest absolute Gasteiger partial charge is 0.165 e. The minimum Gasteiger partial charge on any atom is -0.504 e. The molecule has 0 fully saturated rings. The molecule has 0 saturated heterocycles. The Bertz CT molecular complexity index is 617. The van der Waals surface area contributed by atoms with Crippen LogP contribution in [0.1, 0.15) is 12.5 Å². The Hall–Kier alpha value is -2.21. The summed E-state index contributed by atoms with van der Waals surface area (Å²) in [6.07, 6.45) is -0.496. The van der Waals surface area contributed by atoms with Crippen molar-refractivity contribution in [2.24, 2.45) is 0 Å². The van der Waals surface area contributed by atoms with Gasteiger partial charge in [0.2, 0.25) is 0 Å². The number of nitrogens with zero attached hydrogens (tertiary/aromatic N) is 2. The number of nitrogens with one attached hydrogen (secondary N) is 1. The zero-order valence-electron chi connectivity index (χ0n) is 11.3. The molecule has 0 amide bonds. The Morgan fingerprint density at radius 1 is 1.35 bits per heavy atom. The molecule has 1 atom stereocenters. The summed E-state index contributed by atoms with van der Waals surface area (Å²) >= 11 is 0. The first-order valence-electron chi connectivity index (χ1n) is 6.23. The third-order valence-electron chi connectivity index (χ3n) is 2.80. The van der Waals surface area contributed by atoms with Gasteiger partial charge in [-0.1, -0.05) is 6.07 Å². The van der Waals surface area contributed by atoms with Crippen molar-refractivity contribution in [3.05, 3.63) is 35.6 Å². The summed E-state index contributed by atoms with van der Waals surface area (Å²) in [5.74, 6) is -0.613. The second-order valence-electron chi connectivity index (χ2n) is 4.63. The minimum absolute atomic E-state index is 0.303. The SMILES string of the molecule is Cc1cc(NC[C@@H](C)O)nnc1-c1cccc(F)c1O. The fourth-order valence-corrected chi connectivity index (χ4v) is 1.80. The molecule has 0 unspecified atom stereocenters. The number of phenols is 1. The summed E-state index contributed by atoms with van der Waals surface area (Å²) in [5.41, 5.74) is 1.47. The van der Waals surface area contributed by atoms with E-state index in [1.807, 2.05) is 0 Å². The molecule has 0 aliphatic carbocycles. The van der Waals surface area contributed by atoms with Crippen molar-refractivity contribution in [3.63, 3.8) is 0 Å². The van der Waals surface area contributed by atoms with Gasteiger partial charge in [-0.05, 0) is 37.6 Å². The molecule has 20 heavy (non-hydrogen) atoms. The Morgan fingerprint density at radius 2 is 2.10 bits per heavy atom. The monoisotopic (exact) mass is 277 g/mol. The van der Waals surface area contributed by atoms with Gasteiger partial charge in [-0.15, -0.1) is 10.2 Å². The quantitative estimate of drug-likeness (QED) is 0.797. The maximum Gasteiger partial charge on any atom is 0.165 e. The number of aliphatic hydroxyl groups is 1. The summed E-state index contributed by atoms with van der Waals surface area (Å²) in [4.78, 5) is 0. The summed E-state index contributed by atoms with van der Waals surface area (Å²) in [6, 6.07) is 6.00. The van der Waals surface area contributed by atoms with Gasteiger partial charge in [0.1, 0.15) is 5.82 Å². The molecule has 0 bridgehead atoms. The van der Waals surface area contributed by atoms with Crippen molar-refractivity contribution in [2.75, 3.05) is 11.9 Å². The molecule has 0 saturated carbocycles. The van der Waals surface area contributed by atoms with Crippen LogP contribution in [0.4, 0.5) is 10.2 Å². The van der Waals surface area contributed by atoms with Gasteiger partial charge in [0, 0.05) is 12.1 Å². The van der Waals surface area contributed by atoms with E-state index in [2.05, 4.69) is 15.5 Å². The summed E-state index contributed by atoms with van der Waals surface area (Å²) in [6.45, 7) is 3.81. The van der Waals surface area contributed by atoms with Crippen molar-refractivity contribution in [1.29, 1.82) is 0 Å². The Labute approximate surface area is 116 Å². The fraction of sp³-hybridized carbons (Fsp3) is 0.286. The number of aromatic nitrogens is 2. The van der Waals surface area contributed by atoms with Crippen molar-refractivity contribution < 1.29 is 14.6 Å². The molecular weight excluding hydrogens is 261 g/mol. The molecule has 1 heterocycles. The number of benzene rings is 1. The van der Waals surface area contributed by atoms with Crippen LogP contribution in [0.15, 0.2) is 24.3 Å². The van der Waals surface area contributed by atoms with E-state index in [0.29, 0.717) is 23.6 Å². The number of phenolic OH excluding ortho intramolecular Hbond substituents is 1. The van der Waals surface area contributed by atoms with Gasteiger partial charge in [-0.2, -0.15) is 0 Å². The van der Waals surface area contributed by atoms with Gasteiger partial charge < -0.3 is 15.5 Å². The second kappa shape index (κ2) is 5.83. The molecule has 106 valence electrons. The number of para-hydroxylation sites is 1. The number of hydrogen-bond acceptors (Lipinski definition) is 5. The number of aryl methyl sites for hydroxylation is 1. The third-order valence-corrected chi connectivity index (χ3v) is 2.80. The normalized spacial score (nSPS) is 12.2. The Balaban J connectivity index is 2.32.